The van der Waals surface area contributed by atoms with Crippen LogP contribution in [0.25, 0.3) is 10.9 Å². The molecule has 2 aromatic carbocycles. The SMILES string of the molecule is Cc1ccc(C(=O)CSc2nc3ccccc3c(=O)n2CCCCCC(N)=O)cc1. The van der Waals surface area contributed by atoms with Gasteiger partial charge in [0.1, 0.15) is 0 Å². The van der Waals surface area contributed by atoms with Crippen molar-refractivity contribution in [3.63, 3.8) is 0 Å². The van der Waals surface area contributed by atoms with Gasteiger partial charge in [-0.1, -0.05) is 60.1 Å². The second-order valence-electron chi connectivity index (χ2n) is 7.22. The molecule has 0 saturated heterocycles. The molecule has 0 bridgehead atoms. The van der Waals surface area contributed by atoms with Gasteiger partial charge >= 0.3 is 0 Å². The number of amides is 1. The molecule has 0 radical (unpaired) electrons. The lowest BCUT2D eigenvalue weighted by atomic mass is 10.1. The number of ketones is 1. The molecular formula is C23H25N3O3S. The maximum absolute atomic E-state index is 13.0. The van der Waals surface area contributed by atoms with E-state index in [4.69, 9.17) is 5.73 Å². The molecule has 6 nitrogen and oxygen atoms in total. The second kappa shape index (κ2) is 10.2. The van der Waals surface area contributed by atoms with E-state index < -0.39 is 0 Å². The number of thioether (sulfide) groups is 1. The molecule has 0 aliphatic heterocycles. The van der Waals surface area contributed by atoms with Crippen LogP contribution in [0.15, 0.2) is 58.5 Å². The molecule has 0 fully saturated rings. The van der Waals surface area contributed by atoms with E-state index in [1.165, 1.54) is 11.8 Å². The van der Waals surface area contributed by atoms with Crippen LogP contribution in [-0.2, 0) is 11.3 Å². The summed E-state index contributed by atoms with van der Waals surface area (Å²) < 4.78 is 1.64. The molecule has 1 heterocycles. The minimum atomic E-state index is -0.314. The number of carbonyl (C=O) groups is 2. The summed E-state index contributed by atoms with van der Waals surface area (Å²) in [6.45, 7) is 2.46. The average Bonchev–Trinajstić information content (AvgIpc) is 2.73. The standard InChI is InChI=1S/C23H25N3O3S/c1-16-10-12-17(13-11-16)20(27)15-30-23-25-19-8-5-4-7-18(19)22(29)26(23)14-6-2-3-9-21(24)28/h4-5,7-8,10-13H,2-3,6,9,14-15H2,1H3,(H2,24,28). The molecule has 156 valence electrons. The number of carbonyl (C=O) groups excluding carboxylic acids is 2. The first-order valence-corrected chi connectivity index (χ1v) is 10.9. The number of aryl methyl sites for hydroxylation is 1. The molecule has 7 heteroatoms. The molecule has 1 aromatic heterocycles. The zero-order chi connectivity index (χ0) is 21.5. The molecule has 0 spiro atoms. The van der Waals surface area contributed by atoms with Crippen molar-refractivity contribution in [2.75, 3.05) is 5.75 Å². The summed E-state index contributed by atoms with van der Waals surface area (Å²) in [6.07, 6.45) is 2.55. The van der Waals surface area contributed by atoms with Crippen molar-refractivity contribution in [1.29, 1.82) is 0 Å². The van der Waals surface area contributed by atoms with Crippen LogP contribution in [0.4, 0.5) is 0 Å². The molecule has 0 atom stereocenters. The minimum absolute atomic E-state index is 0.00424. The van der Waals surface area contributed by atoms with Crippen molar-refractivity contribution >= 4 is 34.4 Å². The van der Waals surface area contributed by atoms with Gasteiger partial charge < -0.3 is 5.73 Å². The van der Waals surface area contributed by atoms with Crippen LogP contribution in [-0.4, -0.2) is 27.0 Å². The van der Waals surface area contributed by atoms with Gasteiger partial charge in [0.2, 0.25) is 5.91 Å². The molecular weight excluding hydrogens is 398 g/mol. The van der Waals surface area contributed by atoms with E-state index >= 15 is 0 Å². The Bertz CT molecular complexity index is 1110. The fourth-order valence-corrected chi connectivity index (χ4v) is 4.07. The van der Waals surface area contributed by atoms with E-state index in [-0.39, 0.29) is 23.0 Å². The zero-order valence-corrected chi connectivity index (χ0v) is 17.8. The van der Waals surface area contributed by atoms with E-state index in [1.54, 1.807) is 16.7 Å². The first-order chi connectivity index (χ1) is 14.5. The predicted octanol–water partition coefficient (Wildman–Crippen LogP) is 3.73. The van der Waals surface area contributed by atoms with Crippen LogP contribution < -0.4 is 11.3 Å². The van der Waals surface area contributed by atoms with Crippen molar-refractivity contribution in [1.82, 2.24) is 9.55 Å². The lowest BCUT2D eigenvalue weighted by molar-refractivity contribution is -0.118. The normalized spacial score (nSPS) is 11.0. The van der Waals surface area contributed by atoms with Gasteiger partial charge in [0.15, 0.2) is 10.9 Å². The first-order valence-electron chi connectivity index (χ1n) is 9.96. The molecule has 3 aromatic rings. The van der Waals surface area contributed by atoms with E-state index in [2.05, 4.69) is 4.98 Å². The van der Waals surface area contributed by atoms with Crippen LogP contribution in [0.5, 0.6) is 0 Å². The molecule has 0 unspecified atom stereocenters. The fourth-order valence-electron chi connectivity index (χ4n) is 3.15. The number of Topliss-reactive ketones (excluding diaryl/α,β-unsaturated/α-hetero) is 1. The van der Waals surface area contributed by atoms with Gasteiger partial charge in [-0.15, -0.1) is 0 Å². The number of nitrogens with zero attached hydrogens (tertiary/aromatic N) is 2. The molecule has 0 aliphatic rings. The summed E-state index contributed by atoms with van der Waals surface area (Å²) >= 11 is 1.28. The Kier molecular flexibility index (Phi) is 7.41. The minimum Gasteiger partial charge on any atom is -0.370 e. The van der Waals surface area contributed by atoms with Gasteiger partial charge in [-0.3, -0.25) is 19.0 Å². The summed E-state index contributed by atoms with van der Waals surface area (Å²) in [5.41, 5.74) is 7.44. The van der Waals surface area contributed by atoms with E-state index in [0.29, 0.717) is 41.0 Å². The lowest BCUT2D eigenvalue weighted by Gasteiger charge is -2.13. The highest BCUT2D eigenvalue weighted by molar-refractivity contribution is 7.99. The summed E-state index contributed by atoms with van der Waals surface area (Å²) in [4.78, 5) is 41.1. The number of benzene rings is 2. The highest BCUT2D eigenvalue weighted by Crippen LogP contribution is 2.20. The van der Waals surface area contributed by atoms with E-state index in [0.717, 1.165) is 18.4 Å². The Morgan fingerprint density at radius 2 is 1.77 bits per heavy atom. The van der Waals surface area contributed by atoms with E-state index in [1.807, 2.05) is 43.3 Å². The number of fused-ring (bicyclic) bond motifs is 1. The van der Waals surface area contributed by atoms with Crippen LogP contribution in [0.1, 0.15) is 41.6 Å². The monoisotopic (exact) mass is 423 g/mol. The fraction of sp³-hybridized carbons (Fsp3) is 0.304. The summed E-state index contributed by atoms with van der Waals surface area (Å²) in [6, 6.07) is 14.7. The summed E-state index contributed by atoms with van der Waals surface area (Å²) in [5.74, 6) is -0.115. The number of unbranched alkanes of at least 4 members (excludes halogenated alkanes) is 2. The van der Waals surface area contributed by atoms with Gasteiger partial charge in [-0.05, 0) is 31.9 Å². The molecule has 3 rings (SSSR count). The van der Waals surface area contributed by atoms with Crippen molar-refractivity contribution < 1.29 is 9.59 Å². The Morgan fingerprint density at radius 1 is 1.03 bits per heavy atom. The lowest BCUT2D eigenvalue weighted by Crippen LogP contribution is -2.24. The second-order valence-corrected chi connectivity index (χ2v) is 8.17. The third kappa shape index (κ3) is 5.57. The number of rotatable bonds is 10. The maximum Gasteiger partial charge on any atom is 0.262 e. The maximum atomic E-state index is 13.0. The highest BCUT2D eigenvalue weighted by atomic mass is 32.2. The Hall–Kier alpha value is -2.93. The van der Waals surface area contributed by atoms with Crippen LogP contribution in [0, 0.1) is 6.92 Å². The quantitative estimate of drug-likeness (QED) is 0.232. The van der Waals surface area contributed by atoms with Gasteiger partial charge in [-0.2, -0.15) is 0 Å². The van der Waals surface area contributed by atoms with Gasteiger partial charge in [-0.25, -0.2) is 4.98 Å². The average molecular weight is 424 g/mol. The van der Waals surface area contributed by atoms with Crippen LogP contribution in [0.3, 0.4) is 0 Å². The van der Waals surface area contributed by atoms with Gasteiger partial charge in [0.05, 0.1) is 16.7 Å². The summed E-state index contributed by atoms with van der Waals surface area (Å²) in [5, 5.41) is 1.10. The molecule has 1 amide bonds. The van der Waals surface area contributed by atoms with Crippen LogP contribution in [0.2, 0.25) is 0 Å². The van der Waals surface area contributed by atoms with Crippen LogP contribution >= 0.6 is 11.8 Å². The third-order valence-corrected chi connectivity index (χ3v) is 5.81. The predicted molar refractivity (Wildman–Crippen MR) is 120 cm³/mol. The number of aromatic nitrogens is 2. The van der Waals surface area contributed by atoms with Crippen molar-refractivity contribution in [2.24, 2.45) is 5.73 Å². The number of para-hydroxylation sites is 1. The highest BCUT2D eigenvalue weighted by Gasteiger charge is 2.14. The number of hydrogen-bond donors (Lipinski definition) is 1. The van der Waals surface area contributed by atoms with Crippen molar-refractivity contribution in [3.8, 4) is 0 Å². The largest absolute Gasteiger partial charge is 0.370 e. The smallest absolute Gasteiger partial charge is 0.262 e. The Balaban J connectivity index is 1.78. The molecule has 30 heavy (non-hydrogen) atoms. The van der Waals surface area contributed by atoms with Gasteiger partial charge in [0, 0.05) is 18.5 Å². The van der Waals surface area contributed by atoms with Gasteiger partial charge in [0.25, 0.3) is 5.56 Å². The Morgan fingerprint density at radius 3 is 2.50 bits per heavy atom. The summed E-state index contributed by atoms with van der Waals surface area (Å²) in [7, 11) is 0. The number of hydrogen-bond acceptors (Lipinski definition) is 5. The number of nitrogens with two attached hydrogens (primary N) is 1. The molecule has 0 saturated carbocycles. The topological polar surface area (TPSA) is 95.1 Å². The Labute approximate surface area is 179 Å². The molecule has 0 aliphatic carbocycles. The first kappa shape index (κ1) is 21.8. The van der Waals surface area contributed by atoms with Crippen molar-refractivity contribution in [3.05, 3.63) is 70.0 Å². The number of primary amides is 1. The molecule has 2 N–H and O–H groups in total. The zero-order valence-electron chi connectivity index (χ0n) is 17.0. The van der Waals surface area contributed by atoms with Crippen molar-refractivity contribution in [2.45, 2.75) is 44.3 Å². The van der Waals surface area contributed by atoms with E-state index in [9.17, 15) is 14.4 Å². The third-order valence-electron chi connectivity index (χ3n) is 4.84.